The summed E-state index contributed by atoms with van der Waals surface area (Å²) in [5.41, 5.74) is 2.34. The number of aromatic nitrogens is 3. The van der Waals surface area contributed by atoms with Crippen molar-refractivity contribution in [3.8, 4) is 17.7 Å². The summed E-state index contributed by atoms with van der Waals surface area (Å²) in [6, 6.07) is 8.88. The largest absolute Gasteiger partial charge is 0.437 e. The molecule has 146 valence electrons. The number of anilines is 1. The second-order valence-corrected chi connectivity index (χ2v) is 6.39. The summed E-state index contributed by atoms with van der Waals surface area (Å²) < 4.78 is 5.61. The van der Waals surface area contributed by atoms with Crippen LogP contribution in [0.3, 0.4) is 0 Å². The van der Waals surface area contributed by atoms with E-state index < -0.39 is 5.56 Å². The fraction of sp³-hybridized carbons (Fsp3) is 0.190. The topological polar surface area (TPSA) is 121 Å². The van der Waals surface area contributed by atoms with Crippen LogP contribution in [0.4, 0.5) is 5.69 Å². The molecule has 0 radical (unpaired) electrons. The molecule has 1 amide bonds. The van der Waals surface area contributed by atoms with Gasteiger partial charge in [0, 0.05) is 36.3 Å². The fourth-order valence-electron chi connectivity index (χ4n) is 2.98. The molecule has 1 aromatic carbocycles. The van der Waals surface area contributed by atoms with Gasteiger partial charge in [0.25, 0.3) is 5.56 Å². The van der Waals surface area contributed by atoms with Crippen molar-refractivity contribution in [2.24, 2.45) is 0 Å². The molecule has 2 N–H and O–H groups in total. The van der Waals surface area contributed by atoms with E-state index in [2.05, 4.69) is 20.3 Å². The molecular formula is C21H19N5O3. The molecule has 3 aromatic rings. The molecule has 0 spiro atoms. The number of carbonyl (C=O) groups is 1. The van der Waals surface area contributed by atoms with Gasteiger partial charge in [-0.1, -0.05) is 6.07 Å². The predicted molar refractivity (Wildman–Crippen MR) is 107 cm³/mol. The molecule has 0 aliphatic carbocycles. The van der Waals surface area contributed by atoms with Crippen LogP contribution in [0.15, 0.2) is 47.7 Å². The van der Waals surface area contributed by atoms with Crippen LogP contribution in [0.2, 0.25) is 0 Å². The summed E-state index contributed by atoms with van der Waals surface area (Å²) in [6.07, 6.45) is 5.18. The zero-order chi connectivity index (χ0) is 20.8. The first-order valence-corrected chi connectivity index (χ1v) is 8.94. The minimum Gasteiger partial charge on any atom is -0.437 e. The van der Waals surface area contributed by atoms with Gasteiger partial charge in [-0.2, -0.15) is 5.26 Å². The first kappa shape index (κ1) is 19.8. The minimum atomic E-state index is -0.407. The van der Waals surface area contributed by atoms with Gasteiger partial charge < -0.3 is 15.0 Å². The van der Waals surface area contributed by atoms with Crippen LogP contribution in [0.5, 0.6) is 11.6 Å². The van der Waals surface area contributed by atoms with E-state index in [4.69, 9.17) is 10.00 Å². The van der Waals surface area contributed by atoms with Crippen LogP contribution >= 0.6 is 0 Å². The number of hydrogen-bond acceptors (Lipinski definition) is 6. The molecule has 0 aliphatic heterocycles. The molecule has 0 aliphatic rings. The zero-order valence-corrected chi connectivity index (χ0v) is 16.0. The van der Waals surface area contributed by atoms with E-state index in [0.717, 1.165) is 5.56 Å². The number of nitrogens with zero attached hydrogens (tertiary/aromatic N) is 3. The molecule has 2 aromatic heterocycles. The summed E-state index contributed by atoms with van der Waals surface area (Å²) in [4.78, 5) is 34.8. The van der Waals surface area contributed by atoms with Gasteiger partial charge in [0.1, 0.15) is 17.4 Å². The van der Waals surface area contributed by atoms with Crippen molar-refractivity contribution in [1.82, 2.24) is 15.0 Å². The number of aromatic amines is 1. The number of nitrogens with one attached hydrogen (secondary N) is 2. The van der Waals surface area contributed by atoms with E-state index in [9.17, 15) is 9.59 Å². The van der Waals surface area contributed by atoms with Gasteiger partial charge in [-0.15, -0.1) is 0 Å². The Bertz CT molecular complexity index is 1130. The number of benzene rings is 1. The van der Waals surface area contributed by atoms with Crippen molar-refractivity contribution in [2.45, 2.75) is 26.7 Å². The smallest absolute Gasteiger partial charge is 0.266 e. The Morgan fingerprint density at radius 2 is 2.14 bits per heavy atom. The molecule has 0 bridgehead atoms. The Kier molecular flexibility index (Phi) is 6.00. The van der Waals surface area contributed by atoms with Gasteiger partial charge in [-0.25, -0.2) is 4.98 Å². The molecule has 2 heterocycles. The molecule has 0 unspecified atom stereocenters. The monoisotopic (exact) mass is 389 g/mol. The van der Waals surface area contributed by atoms with E-state index in [0.29, 0.717) is 35.0 Å². The van der Waals surface area contributed by atoms with E-state index in [1.54, 1.807) is 44.3 Å². The van der Waals surface area contributed by atoms with Crippen molar-refractivity contribution < 1.29 is 9.53 Å². The lowest BCUT2D eigenvalue weighted by atomic mass is 9.99. The molecular weight excluding hydrogens is 370 g/mol. The predicted octanol–water partition coefficient (Wildman–Crippen LogP) is 3.02. The quantitative estimate of drug-likeness (QED) is 0.668. The minimum absolute atomic E-state index is 0.0832. The van der Waals surface area contributed by atoms with Crippen LogP contribution < -0.4 is 15.6 Å². The summed E-state index contributed by atoms with van der Waals surface area (Å²) in [5.74, 6) is 0.688. The fourth-order valence-corrected chi connectivity index (χ4v) is 2.98. The lowest BCUT2D eigenvalue weighted by Crippen LogP contribution is -2.18. The normalized spacial score (nSPS) is 10.2. The first-order valence-electron chi connectivity index (χ1n) is 8.94. The van der Waals surface area contributed by atoms with Gasteiger partial charge in [0.15, 0.2) is 0 Å². The molecule has 29 heavy (non-hydrogen) atoms. The molecule has 8 heteroatoms. The van der Waals surface area contributed by atoms with Crippen molar-refractivity contribution in [3.63, 3.8) is 0 Å². The lowest BCUT2D eigenvalue weighted by molar-refractivity contribution is -0.116. The zero-order valence-electron chi connectivity index (χ0n) is 16.0. The van der Waals surface area contributed by atoms with Gasteiger partial charge in [0.05, 0.1) is 6.20 Å². The average molecular weight is 389 g/mol. The van der Waals surface area contributed by atoms with E-state index in [-0.39, 0.29) is 17.9 Å². The van der Waals surface area contributed by atoms with Crippen LogP contribution in [0.25, 0.3) is 0 Å². The maximum atomic E-state index is 12.4. The van der Waals surface area contributed by atoms with Crippen molar-refractivity contribution in [2.75, 3.05) is 5.32 Å². The average Bonchev–Trinajstić information content (AvgIpc) is 2.69. The number of aryl methyl sites for hydroxylation is 1. The highest BCUT2D eigenvalue weighted by atomic mass is 16.5. The van der Waals surface area contributed by atoms with E-state index in [1.165, 1.54) is 12.4 Å². The maximum Gasteiger partial charge on any atom is 0.266 e. The Labute approximate surface area is 167 Å². The van der Waals surface area contributed by atoms with Gasteiger partial charge in [0.2, 0.25) is 11.8 Å². The molecule has 8 nitrogen and oxygen atoms in total. The number of amides is 1. The van der Waals surface area contributed by atoms with Crippen molar-refractivity contribution >= 4 is 11.6 Å². The molecule has 0 fully saturated rings. The maximum absolute atomic E-state index is 12.4. The van der Waals surface area contributed by atoms with E-state index >= 15 is 0 Å². The van der Waals surface area contributed by atoms with Gasteiger partial charge in [-0.05, 0) is 43.5 Å². The number of H-pyrrole nitrogens is 1. The van der Waals surface area contributed by atoms with Crippen LogP contribution in [0, 0.1) is 25.2 Å². The van der Waals surface area contributed by atoms with Crippen molar-refractivity contribution in [1.29, 1.82) is 5.26 Å². The Morgan fingerprint density at radius 1 is 1.31 bits per heavy atom. The SMILES string of the molecule is Cc1[nH]c(=O)c(C#N)c(C)c1CCC(=O)Nc1cccc(Oc2cnccn2)c1. The summed E-state index contributed by atoms with van der Waals surface area (Å²) in [5, 5.41) is 12.0. The molecule has 0 saturated heterocycles. The number of pyridine rings is 1. The molecule has 0 atom stereocenters. The van der Waals surface area contributed by atoms with Gasteiger partial charge in [-0.3, -0.25) is 14.6 Å². The third-order valence-corrected chi connectivity index (χ3v) is 4.40. The van der Waals surface area contributed by atoms with Gasteiger partial charge >= 0.3 is 0 Å². The molecule has 3 rings (SSSR count). The number of hydrogen-bond donors (Lipinski definition) is 2. The van der Waals surface area contributed by atoms with Crippen LogP contribution in [0.1, 0.15) is 28.8 Å². The standard InChI is InChI=1S/C21H19N5O3/c1-13-17(14(2)25-21(28)18(13)11-22)6-7-19(27)26-15-4-3-5-16(10-15)29-20-12-23-8-9-24-20/h3-5,8-10,12H,6-7H2,1-2H3,(H,25,28)(H,26,27). The van der Waals surface area contributed by atoms with E-state index in [1.807, 2.05) is 6.07 Å². The first-order chi connectivity index (χ1) is 14.0. The number of nitriles is 1. The highest BCUT2D eigenvalue weighted by Gasteiger charge is 2.13. The highest BCUT2D eigenvalue weighted by Crippen LogP contribution is 2.22. The number of ether oxygens (including phenoxy) is 1. The summed E-state index contributed by atoms with van der Waals surface area (Å²) >= 11 is 0. The van der Waals surface area contributed by atoms with Crippen LogP contribution in [-0.2, 0) is 11.2 Å². The van der Waals surface area contributed by atoms with Crippen LogP contribution in [-0.4, -0.2) is 20.9 Å². The Balaban J connectivity index is 1.66. The third kappa shape index (κ3) is 4.84. The Hall–Kier alpha value is -3.99. The number of carbonyl (C=O) groups excluding carboxylic acids is 1. The Morgan fingerprint density at radius 3 is 2.86 bits per heavy atom. The highest BCUT2D eigenvalue weighted by molar-refractivity contribution is 5.91. The second kappa shape index (κ2) is 8.80. The summed E-state index contributed by atoms with van der Waals surface area (Å²) in [6.45, 7) is 3.48. The third-order valence-electron chi connectivity index (χ3n) is 4.40. The molecule has 0 saturated carbocycles. The lowest BCUT2D eigenvalue weighted by Gasteiger charge is -2.11. The second-order valence-electron chi connectivity index (χ2n) is 6.39. The summed E-state index contributed by atoms with van der Waals surface area (Å²) in [7, 11) is 0. The van der Waals surface area contributed by atoms with Crippen molar-refractivity contribution in [3.05, 3.63) is 75.6 Å². The number of rotatable bonds is 6.